The zero-order valence-electron chi connectivity index (χ0n) is 15.2. The van der Waals surface area contributed by atoms with Crippen LogP contribution in [-0.4, -0.2) is 26.7 Å². The monoisotopic (exact) mass is 386 g/mol. The average molecular weight is 386 g/mol. The van der Waals surface area contributed by atoms with Gasteiger partial charge in [-0.3, -0.25) is 14.2 Å². The molecule has 0 radical (unpaired) electrons. The molecule has 2 N–H and O–H groups in total. The summed E-state index contributed by atoms with van der Waals surface area (Å²) in [5.41, 5.74) is 2.82. The first kappa shape index (κ1) is 18.9. The number of aromatic nitrogens is 3. The third kappa shape index (κ3) is 3.95. The molecule has 0 aliphatic rings. The molecule has 0 saturated heterocycles. The molecule has 0 atom stereocenters. The largest absolute Gasteiger partial charge is 0.346 e. The second kappa shape index (κ2) is 7.79. The molecule has 0 saturated carbocycles. The van der Waals surface area contributed by atoms with Crippen LogP contribution in [-0.2, 0) is 6.54 Å². The predicted octanol–water partition coefficient (Wildman–Crippen LogP) is 2.97. The van der Waals surface area contributed by atoms with Crippen LogP contribution in [0.2, 0.25) is 0 Å². The standard InChI is InChI=1S/C19H19FN4O2S/c1-11-8-12(2)23-17(25)15(11)9-21-18(26)16-10-22-19(27-3)24(16)14-6-4-13(20)5-7-14/h4-8,10H,9H2,1-3H3,(H,21,26)(H,23,25). The summed E-state index contributed by atoms with van der Waals surface area (Å²) in [6.07, 6.45) is 3.32. The summed E-state index contributed by atoms with van der Waals surface area (Å²) in [7, 11) is 0. The van der Waals surface area contributed by atoms with E-state index < -0.39 is 0 Å². The maximum Gasteiger partial charge on any atom is 0.270 e. The first-order valence-corrected chi connectivity index (χ1v) is 9.48. The highest BCUT2D eigenvalue weighted by Gasteiger charge is 2.18. The zero-order chi connectivity index (χ0) is 19.6. The van der Waals surface area contributed by atoms with E-state index in [4.69, 9.17) is 0 Å². The maximum absolute atomic E-state index is 13.2. The number of carbonyl (C=O) groups excluding carboxylic acids is 1. The summed E-state index contributed by atoms with van der Waals surface area (Å²) in [5, 5.41) is 3.38. The molecule has 0 fully saturated rings. The Bertz CT molecular complexity index is 1040. The second-order valence-corrected chi connectivity index (χ2v) is 6.84. The van der Waals surface area contributed by atoms with Crippen LogP contribution in [0.3, 0.4) is 0 Å². The molecule has 2 aromatic heterocycles. The number of thioether (sulfide) groups is 1. The lowest BCUT2D eigenvalue weighted by Gasteiger charge is -2.12. The van der Waals surface area contributed by atoms with Crippen molar-refractivity contribution in [3.05, 3.63) is 75.2 Å². The Hall–Kier alpha value is -2.87. The number of amides is 1. The lowest BCUT2D eigenvalue weighted by atomic mass is 10.1. The molecule has 0 aliphatic carbocycles. The van der Waals surface area contributed by atoms with Gasteiger partial charge in [0, 0.05) is 23.5 Å². The number of aromatic amines is 1. The van der Waals surface area contributed by atoms with Crippen LogP contribution < -0.4 is 10.9 Å². The molecule has 6 nitrogen and oxygen atoms in total. The van der Waals surface area contributed by atoms with Crippen molar-refractivity contribution in [1.29, 1.82) is 0 Å². The third-order valence-electron chi connectivity index (χ3n) is 4.15. The first-order valence-electron chi connectivity index (χ1n) is 8.26. The van der Waals surface area contributed by atoms with E-state index in [0.717, 1.165) is 11.3 Å². The van der Waals surface area contributed by atoms with Gasteiger partial charge in [-0.1, -0.05) is 11.8 Å². The highest BCUT2D eigenvalue weighted by atomic mass is 32.2. The SMILES string of the molecule is CSc1ncc(C(=O)NCc2c(C)cc(C)[nH]c2=O)n1-c1ccc(F)cc1. The van der Waals surface area contributed by atoms with Gasteiger partial charge in [0.15, 0.2) is 5.16 Å². The van der Waals surface area contributed by atoms with Crippen LogP contribution in [0, 0.1) is 19.7 Å². The topological polar surface area (TPSA) is 79.8 Å². The van der Waals surface area contributed by atoms with Crippen LogP contribution in [0.4, 0.5) is 4.39 Å². The van der Waals surface area contributed by atoms with E-state index in [-0.39, 0.29) is 23.8 Å². The van der Waals surface area contributed by atoms with Crippen molar-refractivity contribution in [1.82, 2.24) is 19.9 Å². The molecule has 3 rings (SSSR count). The first-order chi connectivity index (χ1) is 12.9. The smallest absolute Gasteiger partial charge is 0.270 e. The van der Waals surface area contributed by atoms with Crippen molar-refractivity contribution in [2.75, 3.05) is 6.26 Å². The van der Waals surface area contributed by atoms with Crippen LogP contribution in [0.1, 0.15) is 27.3 Å². The van der Waals surface area contributed by atoms with E-state index in [9.17, 15) is 14.0 Å². The van der Waals surface area contributed by atoms with Crippen molar-refractivity contribution >= 4 is 17.7 Å². The van der Waals surface area contributed by atoms with Crippen molar-refractivity contribution in [2.45, 2.75) is 25.5 Å². The molecule has 0 bridgehead atoms. The van der Waals surface area contributed by atoms with Crippen molar-refractivity contribution in [3.8, 4) is 5.69 Å². The van der Waals surface area contributed by atoms with Gasteiger partial charge in [-0.05, 0) is 56.0 Å². The van der Waals surface area contributed by atoms with Gasteiger partial charge in [0.2, 0.25) is 0 Å². The summed E-state index contributed by atoms with van der Waals surface area (Å²) in [6.45, 7) is 3.74. The highest BCUT2D eigenvalue weighted by molar-refractivity contribution is 7.98. The molecular weight excluding hydrogens is 367 g/mol. The van der Waals surface area contributed by atoms with Crippen LogP contribution in [0.15, 0.2) is 46.5 Å². The Morgan fingerprint density at radius 3 is 2.63 bits per heavy atom. The Morgan fingerprint density at radius 1 is 1.30 bits per heavy atom. The Kier molecular flexibility index (Phi) is 5.46. The molecule has 8 heteroatoms. The van der Waals surface area contributed by atoms with E-state index in [1.165, 1.54) is 30.1 Å². The van der Waals surface area contributed by atoms with Gasteiger partial charge < -0.3 is 10.3 Å². The maximum atomic E-state index is 13.2. The lowest BCUT2D eigenvalue weighted by Crippen LogP contribution is -2.29. The van der Waals surface area contributed by atoms with E-state index in [1.807, 2.05) is 26.2 Å². The number of hydrogen-bond acceptors (Lipinski definition) is 4. The number of nitrogens with one attached hydrogen (secondary N) is 2. The molecule has 140 valence electrons. The molecule has 1 amide bonds. The molecule has 0 unspecified atom stereocenters. The number of H-pyrrole nitrogens is 1. The lowest BCUT2D eigenvalue weighted by molar-refractivity contribution is 0.0943. The molecule has 0 spiro atoms. The van der Waals surface area contributed by atoms with Gasteiger partial charge in [-0.2, -0.15) is 0 Å². The summed E-state index contributed by atoms with van der Waals surface area (Å²) < 4.78 is 14.9. The Labute approximate surface area is 159 Å². The number of hydrogen-bond donors (Lipinski definition) is 2. The summed E-state index contributed by atoms with van der Waals surface area (Å²) >= 11 is 1.38. The average Bonchev–Trinajstić information content (AvgIpc) is 3.05. The predicted molar refractivity (Wildman–Crippen MR) is 103 cm³/mol. The van der Waals surface area contributed by atoms with E-state index >= 15 is 0 Å². The summed E-state index contributed by atoms with van der Waals surface area (Å²) in [5.74, 6) is -0.726. The number of aryl methyl sites for hydroxylation is 2. The normalized spacial score (nSPS) is 10.8. The number of pyridine rings is 1. The van der Waals surface area contributed by atoms with Gasteiger partial charge in [-0.15, -0.1) is 0 Å². The van der Waals surface area contributed by atoms with Crippen molar-refractivity contribution < 1.29 is 9.18 Å². The minimum Gasteiger partial charge on any atom is -0.346 e. The van der Waals surface area contributed by atoms with Gasteiger partial charge in [0.25, 0.3) is 11.5 Å². The number of benzene rings is 1. The zero-order valence-corrected chi connectivity index (χ0v) is 16.0. The Morgan fingerprint density at radius 2 is 2.00 bits per heavy atom. The van der Waals surface area contributed by atoms with Crippen molar-refractivity contribution in [3.63, 3.8) is 0 Å². The number of halogens is 1. The molecule has 0 aliphatic heterocycles. The van der Waals surface area contributed by atoms with E-state index in [0.29, 0.717) is 22.1 Å². The molecule has 2 heterocycles. The van der Waals surface area contributed by atoms with Gasteiger partial charge in [0.05, 0.1) is 6.20 Å². The fraction of sp³-hybridized carbons (Fsp3) is 0.211. The van der Waals surface area contributed by atoms with Gasteiger partial charge in [0.1, 0.15) is 11.5 Å². The quantitative estimate of drug-likeness (QED) is 0.661. The Balaban J connectivity index is 1.89. The minimum absolute atomic E-state index is 0.101. The number of carbonyl (C=O) groups is 1. The number of rotatable bonds is 5. The van der Waals surface area contributed by atoms with Crippen LogP contribution >= 0.6 is 11.8 Å². The fourth-order valence-corrected chi connectivity index (χ4v) is 3.38. The number of nitrogens with zero attached hydrogens (tertiary/aromatic N) is 2. The third-order valence-corrected chi connectivity index (χ3v) is 4.80. The molecule has 3 aromatic rings. The summed E-state index contributed by atoms with van der Waals surface area (Å²) in [6, 6.07) is 7.69. The fourth-order valence-electron chi connectivity index (χ4n) is 2.84. The van der Waals surface area contributed by atoms with Crippen LogP contribution in [0.25, 0.3) is 5.69 Å². The highest BCUT2D eigenvalue weighted by Crippen LogP contribution is 2.22. The molecule has 1 aromatic carbocycles. The van der Waals surface area contributed by atoms with Crippen molar-refractivity contribution in [2.24, 2.45) is 0 Å². The van der Waals surface area contributed by atoms with Gasteiger partial charge in [-0.25, -0.2) is 9.37 Å². The van der Waals surface area contributed by atoms with E-state index in [1.54, 1.807) is 16.7 Å². The molecule has 27 heavy (non-hydrogen) atoms. The molecular formula is C19H19FN4O2S. The van der Waals surface area contributed by atoms with E-state index in [2.05, 4.69) is 15.3 Å². The summed E-state index contributed by atoms with van der Waals surface area (Å²) in [4.78, 5) is 31.8. The number of imidazole rings is 1. The second-order valence-electron chi connectivity index (χ2n) is 6.07. The van der Waals surface area contributed by atoms with Crippen LogP contribution in [0.5, 0.6) is 0 Å². The minimum atomic E-state index is -0.369. The van der Waals surface area contributed by atoms with Gasteiger partial charge >= 0.3 is 0 Å².